The Hall–Kier alpha value is -3.19. The highest BCUT2D eigenvalue weighted by atomic mass is 19.1. The molecule has 0 atom stereocenters. The molecule has 0 amide bonds. The third-order valence-corrected chi connectivity index (χ3v) is 4.82. The van der Waals surface area contributed by atoms with E-state index in [9.17, 15) is 9.50 Å². The molecule has 0 bridgehead atoms. The van der Waals surface area contributed by atoms with Crippen LogP contribution in [0.3, 0.4) is 0 Å². The van der Waals surface area contributed by atoms with Crippen LogP contribution >= 0.6 is 0 Å². The van der Waals surface area contributed by atoms with E-state index in [2.05, 4.69) is 6.92 Å². The molecule has 0 saturated carbocycles. The molecule has 0 aliphatic heterocycles. The number of phenolic OH excluding ortho intramolecular Hbond substituents is 1. The van der Waals surface area contributed by atoms with Crippen molar-refractivity contribution in [3.63, 3.8) is 0 Å². The number of halogens is 2. The molecule has 0 aliphatic carbocycles. The predicted octanol–water partition coefficient (Wildman–Crippen LogP) is 5.95. The molecule has 3 rings (SSSR count). The number of aryl methyl sites for hydroxylation is 2. The molecule has 0 heterocycles. The molecule has 0 unspecified atom stereocenters. The summed E-state index contributed by atoms with van der Waals surface area (Å²) in [6.45, 7) is 2.08. The third kappa shape index (κ3) is 4.20. The molecule has 1 N–H and O–H groups in total. The van der Waals surface area contributed by atoms with Gasteiger partial charge in [0.25, 0.3) is 0 Å². The van der Waals surface area contributed by atoms with Crippen LogP contribution in [-0.4, -0.2) is 5.11 Å². The van der Waals surface area contributed by atoms with E-state index in [4.69, 9.17) is 5.26 Å². The van der Waals surface area contributed by atoms with Crippen molar-refractivity contribution < 1.29 is 13.9 Å². The van der Waals surface area contributed by atoms with Gasteiger partial charge in [-0.3, -0.25) is 0 Å². The summed E-state index contributed by atoms with van der Waals surface area (Å²) in [5.41, 5.74) is 3.06. The predicted molar refractivity (Wildman–Crippen MR) is 106 cm³/mol. The summed E-state index contributed by atoms with van der Waals surface area (Å²) >= 11 is 0. The molecule has 3 aromatic carbocycles. The highest BCUT2D eigenvalue weighted by molar-refractivity contribution is 5.72. The van der Waals surface area contributed by atoms with Gasteiger partial charge in [-0.25, -0.2) is 8.78 Å². The molecule has 0 radical (unpaired) electrons. The summed E-state index contributed by atoms with van der Waals surface area (Å²) in [4.78, 5) is 0. The van der Waals surface area contributed by atoms with Crippen LogP contribution in [-0.2, 0) is 19.3 Å². The van der Waals surface area contributed by atoms with Crippen molar-refractivity contribution in [1.82, 2.24) is 0 Å². The number of hydrogen-bond acceptors (Lipinski definition) is 2. The van der Waals surface area contributed by atoms with Crippen molar-refractivity contribution >= 4 is 0 Å². The van der Waals surface area contributed by atoms with Gasteiger partial charge in [-0.15, -0.1) is 0 Å². The first kappa shape index (κ1) is 19.6. The zero-order valence-electron chi connectivity index (χ0n) is 15.7. The average Bonchev–Trinajstić information content (AvgIpc) is 2.69. The standard InChI is InChI=1S/C24H21F2NO/c1-2-3-16-8-11-19(12-9-16)23-22(28)14-21(25)20(24(23)26)13-10-17-4-6-18(15-27)7-5-17/h4-9,11-12,14,28H,2-3,10,13H2,1H3. The van der Waals surface area contributed by atoms with Crippen LogP contribution in [0.2, 0.25) is 0 Å². The molecule has 0 spiro atoms. The van der Waals surface area contributed by atoms with Gasteiger partial charge in [0.05, 0.1) is 17.2 Å². The van der Waals surface area contributed by atoms with Crippen molar-refractivity contribution in [2.45, 2.75) is 32.6 Å². The number of hydrogen-bond donors (Lipinski definition) is 1. The Bertz CT molecular complexity index is 1000. The summed E-state index contributed by atoms with van der Waals surface area (Å²) in [5, 5.41) is 19.0. The van der Waals surface area contributed by atoms with Crippen LogP contribution in [0.25, 0.3) is 11.1 Å². The van der Waals surface area contributed by atoms with E-state index in [-0.39, 0.29) is 17.5 Å². The molecule has 0 saturated heterocycles. The number of benzene rings is 3. The smallest absolute Gasteiger partial charge is 0.140 e. The maximum atomic E-state index is 15.1. The van der Waals surface area contributed by atoms with E-state index in [1.54, 1.807) is 36.4 Å². The van der Waals surface area contributed by atoms with Crippen molar-refractivity contribution in [2.75, 3.05) is 0 Å². The lowest BCUT2D eigenvalue weighted by molar-refractivity contribution is 0.459. The molecular weight excluding hydrogens is 356 g/mol. The highest BCUT2D eigenvalue weighted by Crippen LogP contribution is 2.36. The van der Waals surface area contributed by atoms with E-state index >= 15 is 4.39 Å². The second-order valence-electron chi connectivity index (χ2n) is 6.80. The third-order valence-electron chi connectivity index (χ3n) is 4.82. The van der Waals surface area contributed by atoms with Gasteiger partial charge < -0.3 is 5.11 Å². The normalized spacial score (nSPS) is 10.6. The minimum atomic E-state index is -0.755. The van der Waals surface area contributed by atoms with Crippen molar-refractivity contribution in [1.29, 1.82) is 5.26 Å². The summed E-state index contributed by atoms with van der Waals surface area (Å²) in [7, 11) is 0. The van der Waals surface area contributed by atoms with E-state index in [1.807, 2.05) is 18.2 Å². The highest BCUT2D eigenvalue weighted by Gasteiger charge is 2.19. The van der Waals surface area contributed by atoms with Crippen LogP contribution in [0.1, 0.15) is 35.6 Å². The minimum absolute atomic E-state index is 0.0271. The number of rotatable bonds is 6. The fraction of sp³-hybridized carbons (Fsp3) is 0.208. The number of phenols is 1. The fourth-order valence-electron chi connectivity index (χ4n) is 3.29. The van der Waals surface area contributed by atoms with Crippen LogP contribution in [0.4, 0.5) is 8.78 Å². The average molecular weight is 377 g/mol. The van der Waals surface area contributed by atoms with Gasteiger partial charge in [0.15, 0.2) is 0 Å². The van der Waals surface area contributed by atoms with Gasteiger partial charge in [0, 0.05) is 11.6 Å². The zero-order valence-corrected chi connectivity index (χ0v) is 15.7. The van der Waals surface area contributed by atoms with Crippen molar-refractivity contribution in [3.8, 4) is 22.9 Å². The molecule has 4 heteroatoms. The molecule has 2 nitrogen and oxygen atoms in total. The summed E-state index contributed by atoms with van der Waals surface area (Å²) in [5.74, 6) is -1.88. The number of nitrogens with zero attached hydrogens (tertiary/aromatic N) is 1. The molecule has 0 aromatic heterocycles. The summed E-state index contributed by atoms with van der Waals surface area (Å²) in [6, 6.07) is 17.3. The van der Waals surface area contributed by atoms with Crippen LogP contribution in [0.15, 0.2) is 54.6 Å². The summed E-state index contributed by atoms with van der Waals surface area (Å²) in [6.07, 6.45) is 2.52. The van der Waals surface area contributed by atoms with Crippen LogP contribution < -0.4 is 0 Å². The van der Waals surface area contributed by atoms with Gasteiger partial charge in [-0.1, -0.05) is 49.7 Å². The minimum Gasteiger partial charge on any atom is -0.507 e. The van der Waals surface area contributed by atoms with E-state index in [0.29, 0.717) is 17.5 Å². The Labute approximate surface area is 163 Å². The van der Waals surface area contributed by atoms with Gasteiger partial charge >= 0.3 is 0 Å². The lowest BCUT2D eigenvalue weighted by Gasteiger charge is -2.13. The van der Waals surface area contributed by atoms with E-state index < -0.39 is 17.4 Å². The van der Waals surface area contributed by atoms with Gasteiger partial charge in [-0.05, 0) is 48.1 Å². The molecule has 3 aromatic rings. The molecule has 28 heavy (non-hydrogen) atoms. The molecule has 0 aliphatic rings. The largest absolute Gasteiger partial charge is 0.507 e. The van der Waals surface area contributed by atoms with Gasteiger partial charge in [0.2, 0.25) is 0 Å². The van der Waals surface area contributed by atoms with E-state index in [1.165, 1.54) is 0 Å². The Balaban J connectivity index is 1.89. The zero-order chi connectivity index (χ0) is 20.1. The Kier molecular flexibility index (Phi) is 6.06. The molecule has 142 valence electrons. The maximum absolute atomic E-state index is 15.1. The molecular formula is C24H21F2NO. The monoisotopic (exact) mass is 377 g/mol. The number of nitriles is 1. The van der Waals surface area contributed by atoms with Crippen molar-refractivity contribution in [2.24, 2.45) is 0 Å². The first-order chi connectivity index (χ1) is 13.5. The first-order valence-corrected chi connectivity index (χ1v) is 9.31. The first-order valence-electron chi connectivity index (χ1n) is 9.31. The number of aromatic hydroxyl groups is 1. The van der Waals surface area contributed by atoms with Gasteiger partial charge in [0.1, 0.15) is 17.4 Å². The Morgan fingerprint density at radius 3 is 2.11 bits per heavy atom. The van der Waals surface area contributed by atoms with Crippen LogP contribution in [0.5, 0.6) is 5.75 Å². The van der Waals surface area contributed by atoms with E-state index in [0.717, 1.165) is 30.0 Å². The lowest BCUT2D eigenvalue weighted by atomic mass is 9.95. The SMILES string of the molecule is CCCc1ccc(-c2c(O)cc(F)c(CCc3ccc(C#N)cc3)c2F)cc1. The van der Waals surface area contributed by atoms with Gasteiger partial charge in [-0.2, -0.15) is 5.26 Å². The second-order valence-corrected chi connectivity index (χ2v) is 6.80. The second kappa shape index (κ2) is 8.67. The van der Waals surface area contributed by atoms with Crippen LogP contribution in [0, 0.1) is 23.0 Å². The lowest BCUT2D eigenvalue weighted by Crippen LogP contribution is -2.02. The molecule has 0 fully saturated rings. The topological polar surface area (TPSA) is 44.0 Å². The maximum Gasteiger partial charge on any atom is 0.140 e. The fourth-order valence-corrected chi connectivity index (χ4v) is 3.29. The van der Waals surface area contributed by atoms with Crippen molar-refractivity contribution in [3.05, 3.63) is 88.5 Å². The Morgan fingerprint density at radius 1 is 0.893 bits per heavy atom. The summed E-state index contributed by atoms with van der Waals surface area (Å²) < 4.78 is 29.5. The quantitative estimate of drug-likeness (QED) is 0.577. The Morgan fingerprint density at radius 2 is 1.50 bits per heavy atom.